The van der Waals surface area contributed by atoms with E-state index in [1.165, 1.54) is 69.1 Å². The number of unbranched alkanes of at least 4 members (excludes halogenated alkanes) is 1. The van der Waals surface area contributed by atoms with Gasteiger partial charge < -0.3 is 14.2 Å². The fourth-order valence-corrected chi connectivity index (χ4v) is 3.96. The Morgan fingerprint density at radius 3 is 2.67 bits per heavy atom. The average Bonchev–Trinajstić information content (AvgIpc) is 3.03. The maximum absolute atomic E-state index is 5.31. The Morgan fingerprint density at radius 2 is 1.92 bits per heavy atom. The first-order valence-corrected chi connectivity index (χ1v) is 9.65. The molecule has 3 rings (SSSR count). The minimum Gasteiger partial charge on any atom is -0.497 e. The number of methoxy groups -OCH3 is 1. The number of piperidine rings is 1. The number of aryl methyl sites for hydroxylation is 1. The summed E-state index contributed by atoms with van der Waals surface area (Å²) >= 11 is 0. The number of rotatable bonds is 8. The molecule has 1 aromatic heterocycles. The Hall–Kier alpha value is -1.48. The van der Waals surface area contributed by atoms with Gasteiger partial charge in [-0.05, 0) is 69.1 Å². The largest absolute Gasteiger partial charge is 0.497 e. The number of likely N-dealkylation sites (tertiary alicyclic amines) is 1. The van der Waals surface area contributed by atoms with E-state index in [1.807, 2.05) is 0 Å². The number of hydrogen-bond acceptors (Lipinski definition) is 2. The molecule has 132 valence electrons. The van der Waals surface area contributed by atoms with E-state index < -0.39 is 0 Å². The van der Waals surface area contributed by atoms with E-state index in [-0.39, 0.29) is 0 Å². The standard InChI is InChI=1S/C21H32N2O/c1-3-4-6-18-9-14-22(15-10-18)12-5-13-23-16-11-19-17-20(24-2)7-8-21(19)23/h7-8,11,16-18H,3-6,9-10,12-15H2,1-2H3. The van der Waals surface area contributed by atoms with Crippen molar-refractivity contribution in [3.05, 3.63) is 30.5 Å². The van der Waals surface area contributed by atoms with E-state index >= 15 is 0 Å². The Morgan fingerprint density at radius 1 is 1.08 bits per heavy atom. The van der Waals surface area contributed by atoms with Crippen LogP contribution in [0.4, 0.5) is 0 Å². The number of hydrogen-bond donors (Lipinski definition) is 0. The molecule has 1 fully saturated rings. The van der Waals surface area contributed by atoms with Crippen LogP contribution in [0.2, 0.25) is 0 Å². The summed E-state index contributed by atoms with van der Waals surface area (Å²) in [5, 5.41) is 1.27. The molecule has 1 aromatic carbocycles. The number of aromatic nitrogens is 1. The lowest BCUT2D eigenvalue weighted by molar-refractivity contribution is 0.174. The lowest BCUT2D eigenvalue weighted by Crippen LogP contribution is -2.34. The van der Waals surface area contributed by atoms with Gasteiger partial charge in [-0.3, -0.25) is 0 Å². The predicted octanol–water partition coefficient (Wildman–Crippen LogP) is 4.94. The molecular formula is C21H32N2O. The minimum atomic E-state index is 0.936. The molecule has 1 aliphatic rings. The van der Waals surface area contributed by atoms with Crippen molar-refractivity contribution in [3.8, 4) is 5.75 Å². The van der Waals surface area contributed by atoms with Gasteiger partial charge in [0.15, 0.2) is 0 Å². The second-order valence-corrected chi connectivity index (χ2v) is 7.21. The summed E-state index contributed by atoms with van der Waals surface area (Å²) in [6, 6.07) is 8.54. The third kappa shape index (κ3) is 4.32. The van der Waals surface area contributed by atoms with Crippen molar-refractivity contribution in [3.63, 3.8) is 0 Å². The zero-order chi connectivity index (χ0) is 16.8. The third-order valence-electron chi connectivity index (χ3n) is 5.52. The van der Waals surface area contributed by atoms with Crippen molar-refractivity contribution in [2.24, 2.45) is 5.92 Å². The fraction of sp³-hybridized carbons (Fsp3) is 0.619. The summed E-state index contributed by atoms with van der Waals surface area (Å²) < 4.78 is 7.69. The molecule has 1 saturated heterocycles. The van der Waals surface area contributed by atoms with Crippen LogP contribution in [-0.2, 0) is 6.54 Å². The molecule has 0 bridgehead atoms. The summed E-state index contributed by atoms with van der Waals surface area (Å²) in [7, 11) is 1.73. The lowest BCUT2D eigenvalue weighted by atomic mass is 9.91. The normalized spacial score (nSPS) is 16.8. The van der Waals surface area contributed by atoms with Crippen LogP contribution in [0.3, 0.4) is 0 Å². The van der Waals surface area contributed by atoms with Gasteiger partial charge >= 0.3 is 0 Å². The molecule has 0 aliphatic carbocycles. The van der Waals surface area contributed by atoms with Crippen molar-refractivity contribution in [2.75, 3.05) is 26.7 Å². The quantitative estimate of drug-likeness (QED) is 0.683. The Labute approximate surface area is 146 Å². The van der Waals surface area contributed by atoms with E-state index in [9.17, 15) is 0 Å². The van der Waals surface area contributed by atoms with E-state index in [0.29, 0.717) is 0 Å². The molecule has 0 amide bonds. The highest BCUT2D eigenvalue weighted by Gasteiger charge is 2.18. The van der Waals surface area contributed by atoms with Crippen molar-refractivity contribution < 1.29 is 4.74 Å². The summed E-state index contributed by atoms with van der Waals surface area (Å²) in [5.74, 6) is 1.93. The van der Waals surface area contributed by atoms with Crippen molar-refractivity contribution in [1.29, 1.82) is 0 Å². The molecule has 3 nitrogen and oxygen atoms in total. The van der Waals surface area contributed by atoms with Crippen LogP contribution in [0.15, 0.2) is 30.5 Å². The van der Waals surface area contributed by atoms with Crippen LogP contribution in [-0.4, -0.2) is 36.2 Å². The highest BCUT2D eigenvalue weighted by molar-refractivity contribution is 5.81. The molecule has 2 aromatic rings. The molecule has 3 heteroatoms. The van der Waals surface area contributed by atoms with Crippen LogP contribution >= 0.6 is 0 Å². The SMILES string of the molecule is CCCCC1CCN(CCCn2ccc3cc(OC)ccc32)CC1. The fourth-order valence-electron chi connectivity index (χ4n) is 3.96. The molecular weight excluding hydrogens is 296 g/mol. The van der Waals surface area contributed by atoms with Gasteiger partial charge in [-0.1, -0.05) is 26.2 Å². The second kappa shape index (κ2) is 8.57. The molecule has 0 atom stereocenters. The Bertz CT molecular complexity index is 626. The average molecular weight is 329 g/mol. The molecule has 0 radical (unpaired) electrons. The molecule has 24 heavy (non-hydrogen) atoms. The van der Waals surface area contributed by atoms with Crippen molar-refractivity contribution in [2.45, 2.75) is 52.0 Å². The van der Waals surface area contributed by atoms with E-state index in [4.69, 9.17) is 4.74 Å². The smallest absolute Gasteiger partial charge is 0.119 e. The molecule has 2 heterocycles. The zero-order valence-corrected chi connectivity index (χ0v) is 15.3. The first-order chi connectivity index (χ1) is 11.8. The third-order valence-corrected chi connectivity index (χ3v) is 5.52. The summed E-state index contributed by atoms with van der Waals surface area (Å²) in [4.78, 5) is 2.66. The second-order valence-electron chi connectivity index (χ2n) is 7.21. The van der Waals surface area contributed by atoms with Crippen LogP contribution in [0.5, 0.6) is 5.75 Å². The van der Waals surface area contributed by atoms with Crippen molar-refractivity contribution in [1.82, 2.24) is 9.47 Å². The predicted molar refractivity (Wildman–Crippen MR) is 102 cm³/mol. The minimum absolute atomic E-state index is 0.936. The van der Waals surface area contributed by atoms with E-state index in [2.05, 4.69) is 46.9 Å². The van der Waals surface area contributed by atoms with E-state index in [0.717, 1.165) is 18.2 Å². The Balaban J connectivity index is 1.44. The number of nitrogens with zero attached hydrogens (tertiary/aromatic N) is 2. The molecule has 1 aliphatic heterocycles. The first kappa shape index (κ1) is 17.3. The van der Waals surface area contributed by atoms with Gasteiger partial charge in [-0.2, -0.15) is 0 Å². The molecule has 0 unspecified atom stereocenters. The van der Waals surface area contributed by atoms with Gasteiger partial charge in [0.2, 0.25) is 0 Å². The van der Waals surface area contributed by atoms with E-state index in [1.54, 1.807) is 7.11 Å². The highest BCUT2D eigenvalue weighted by atomic mass is 16.5. The number of ether oxygens (including phenoxy) is 1. The topological polar surface area (TPSA) is 17.4 Å². The summed E-state index contributed by atoms with van der Waals surface area (Å²) in [5.41, 5.74) is 1.31. The van der Waals surface area contributed by atoms with Crippen LogP contribution in [0.1, 0.15) is 45.4 Å². The number of fused-ring (bicyclic) bond motifs is 1. The highest BCUT2D eigenvalue weighted by Crippen LogP contribution is 2.24. The summed E-state index contributed by atoms with van der Waals surface area (Å²) in [6.45, 7) is 7.24. The van der Waals surface area contributed by atoms with Gasteiger partial charge in [-0.15, -0.1) is 0 Å². The maximum Gasteiger partial charge on any atom is 0.119 e. The van der Waals surface area contributed by atoms with Gasteiger partial charge in [0.25, 0.3) is 0 Å². The van der Waals surface area contributed by atoms with Gasteiger partial charge in [-0.25, -0.2) is 0 Å². The summed E-state index contributed by atoms with van der Waals surface area (Å²) in [6.07, 6.45) is 10.5. The zero-order valence-electron chi connectivity index (χ0n) is 15.3. The van der Waals surface area contributed by atoms with Gasteiger partial charge in [0, 0.05) is 23.6 Å². The van der Waals surface area contributed by atoms with Gasteiger partial charge in [0.05, 0.1) is 7.11 Å². The van der Waals surface area contributed by atoms with Crippen molar-refractivity contribution >= 4 is 10.9 Å². The number of benzene rings is 1. The molecule has 0 spiro atoms. The van der Waals surface area contributed by atoms with Crippen LogP contribution in [0, 0.1) is 5.92 Å². The lowest BCUT2D eigenvalue weighted by Gasteiger charge is -2.32. The Kier molecular flexibility index (Phi) is 6.19. The maximum atomic E-state index is 5.31. The van der Waals surface area contributed by atoms with Crippen LogP contribution in [0.25, 0.3) is 10.9 Å². The van der Waals surface area contributed by atoms with Gasteiger partial charge in [0.1, 0.15) is 5.75 Å². The monoisotopic (exact) mass is 328 g/mol. The first-order valence-electron chi connectivity index (χ1n) is 9.65. The molecule has 0 N–H and O–H groups in total. The van der Waals surface area contributed by atoms with Crippen LogP contribution < -0.4 is 4.74 Å². The molecule has 0 saturated carbocycles.